The molecule has 3 rings (SSSR count). The maximum absolute atomic E-state index is 12.6. The molecule has 9 heteroatoms. The second-order valence-electron chi connectivity index (χ2n) is 7.79. The highest BCUT2D eigenvalue weighted by atomic mass is 35.5. The number of piperazine rings is 1. The molecule has 0 saturated carbocycles. The molecule has 2 aromatic carbocycles. The van der Waals surface area contributed by atoms with Crippen LogP contribution in [0.15, 0.2) is 36.4 Å². The predicted octanol–water partition coefficient (Wildman–Crippen LogP) is 4.11. The van der Waals surface area contributed by atoms with Crippen molar-refractivity contribution in [2.75, 3.05) is 36.4 Å². The summed E-state index contributed by atoms with van der Waals surface area (Å²) >= 11 is 6.48. The van der Waals surface area contributed by atoms with Crippen molar-refractivity contribution in [3.63, 3.8) is 0 Å². The van der Waals surface area contributed by atoms with Crippen LogP contribution in [0.2, 0.25) is 5.02 Å². The molecule has 1 fully saturated rings. The maximum Gasteiger partial charge on any atom is 0.273 e. The van der Waals surface area contributed by atoms with Crippen molar-refractivity contribution in [1.29, 1.82) is 0 Å². The fourth-order valence-corrected chi connectivity index (χ4v) is 3.94. The summed E-state index contributed by atoms with van der Waals surface area (Å²) in [6.07, 6.45) is 0. The summed E-state index contributed by atoms with van der Waals surface area (Å²) in [7, 11) is 0. The first-order valence-electron chi connectivity index (χ1n) is 10.1. The van der Waals surface area contributed by atoms with E-state index in [2.05, 4.69) is 10.2 Å². The largest absolute Gasteiger partial charge is 0.367 e. The average Bonchev–Trinajstić information content (AvgIpc) is 2.73. The highest BCUT2D eigenvalue weighted by Crippen LogP contribution is 2.30. The molecule has 1 aliphatic heterocycles. The van der Waals surface area contributed by atoms with E-state index in [1.807, 2.05) is 24.8 Å². The molecule has 0 spiro atoms. The molecule has 1 saturated heterocycles. The Morgan fingerprint density at radius 2 is 1.81 bits per heavy atom. The number of nitro groups is 1. The molecule has 8 nitrogen and oxygen atoms in total. The summed E-state index contributed by atoms with van der Waals surface area (Å²) in [5.41, 5.74) is 1.78. The van der Waals surface area contributed by atoms with Gasteiger partial charge in [0.05, 0.1) is 15.6 Å². The number of halogens is 1. The highest BCUT2D eigenvalue weighted by Gasteiger charge is 2.24. The summed E-state index contributed by atoms with van der Waals surface area (Å²) in [6.45, 7) is 7.97. The quantitative estimate of drug-likeness (QED) is 0.553. The van der Waals surface area contributed by atoms with Gasteiger partial charge in [-0.25, -0.2) is 0 Å². The van der Waals surface area contributed by atoms with Crippen LogP contribution in [0.5, 0.6) is 0 Å². The summed E-state index contributed by atoms with van der Waals surface area (Å²) in [5, 5.41) is 14.3. The van der Waals surface area contributed by atoms with E-state index in [1.54, 1.807) is 25.1 Å². The molecule has 2 aromatic rings. The normalized spacial score (nSPS) is 14.0. The first-order chi connectivity index (χ1) is 14.7. The number of anilines is 2. The predicted molar refractivity (Wildman–Crippen MR) is 121 cm³/mol. The molecule has 0 bridgehead atoms. The van der Waals surface area contributed by atoms with Gasteiger partial charge >= 0.3 is 0 Å². The van der Waals surface area contributed by atoms with Gasteiger partial charge < -0.3 is 15.1 Å². The maximum atomic E-state index is 12.6. The number of rotatable bonds is 5. The number of nitro benzene ring substituents is 1. The zero-order chi connectivity index (χ0) is 22.7. The van der Waals surface area contributed by atoms with E-state index in [0.717, 1.165) is 5.69 Å². The summed E-state index contributed by atoms with van der Waals surface area (Å²) in [6, 6.07) is 9.64. The lowest BCUT2D eigenvalue weighted by molar-refractivity contribution is -0.385. The number of carbonyl (C=O) groups excluding carboxylic acids is 2. The number of amides is 2. The first kappa shape index (κ1) is 22.6. The van der Waals surface area contributed by atoms with Crippen LogP contribution in [-0.2, 0) is 4.79 Å². The topological polar surface area (TPSA) is 95.8 Å². The molecular weight excluding hydrogens is 420 g/mol. The van der Waals surface area contributed by atoms with E-state index in [0.29, 0.717) is 42.5 Å². The average molecular weight is 445 g/mol. The standard InChI is InChI=1S/C22H25ClN4O4/c1-14(2)22(29)26-11-9-25(10-12-26)20-8-7-16(13-18(20)23)24-21(28)17-5-4-6-19(15(17)3)27(30)31/h4-8,13-14H,9-12H2,1-3H3,(H,24,28). The molecule has 31 heavy (non-hydrogen) atoms. The van der Waals surface area contributed by atoms with Crippen molar-refractivity contribution in [2.45, 2.75) is 20.8 Å². The molecule has 0 aromatic heterocycles. The van der Waals surface area contributed by atoms with Crippen LogP contribution in [0.3, 0.4) is 0 Å². The Morgan fingerprint density at radius 1 is 1.13 bits per heavy atom. The Morgan fingerprint density at radius 3 is 2.39 bits per heavy atom. The van der Waals surface area contributed by atoms with E-state index in [4.69, 9.17) is 11.6 Å². The lowest BCUT2D eigenvalue weighted by Gasteiger charge is -2.37. The summed E-state index contributed by atoms with van der Waals surface area (Å²) in [4.78, 5) is 39.4. The van der Waals surface area contributed by atoms with Gasteiger partial charge in [-0.2, -0.15) is 0 Å². The van der Waals surface area contributed by atoms with Gasteiger partial charge in [-0.05, 0) is 31.2 Å². The molecular formula is C22H25ClN4O4. The lowest BCUT2D eigenvalue weighted by atomic mass is 10.1. The second kappa shape index (κ2) is 9.34. The lowest BCUT2D eigenvalue weighted by Crippen LogP contribution is -2.50. The Bertz CT molecular complexity index is 1020. The SMILES string of the molecule is Cc1c(C(=O)Nc2ccc(N3CCN(C(=O)C(C)C)CC3)c(Cl)c2)cccc1[N+](=O)[O-]. The third-order valence-corrected chi connectivity index (χ3v) is 5.68. The number of hydrogen-bond donors (Lipinski definition) is 1. The number of nitrogens with one attached hydrogen (secondary N) is 1. The van der Waals surface area contributed by atoms with Crippen molar-refractivity contribution in [1.82, 2.24) is 4.90 Å². The molecule has 0 unspecified atom stereocenters. The zero-order valence-electron chi connectivity index (χ0n) is 17.7. The Labute approximate surface area is 185 Å². The smallest absolute Gasteiger partial charge is 0.273 e. The van der Waals surface area contributed by atoms with E-state index in [9.17, 15) is 19.7 Å². The third kappa shape index (κ3) is 4.96. The Balaban J connectivity index is 1.69. The van der Waals surface area contributed by atoms with Gasteiger partial charge in [-0.3, -0.25) is 19.7 Å². The number of hydrogen-bond acceptors (Lipinski definition) is 5. The number of carbonyl (C=O) groups is 2. The molecule has 0 radical (unpaired) electrons. The van der Waals surface area contributed by atoms with Gasteiger partial charge in [0.15, 0.2) is 0 Å². The van der Waals surface area contributed by atoms with Gasteiger partial charge in [0.2, 0.25) is 5.91 Å². The fraction of sp³-hybridized carbons (Fsp3) is 0.364. The molecule has 2 amide bonds. The van der Waals surface area contributed by atoms with Crippen molar-refractivity contribution >= 4 is 40.5 Å². The number of benzene rings is 2. The van der Waals surface area contributed by atoms with Crippen molar-refractivity contribution < 1.29 is 14.5 Å². The van der Waals surface area contributed by atoms with Gasteiger partial charge in [0.1, 0.15) is 0 Å². The van der Waals surface area contributed by atoms with Gasteiger partial charge in [-0.15, -0.1) is 0 Å². The van der Waals surface area contributed by atoms with Gasteiger partial charge in [0, 0.05) is 55.0 Å². The minimum Gasteiger partial charge on any atom is -0.367 e. The third-order valence-electron chi connectivity index (χ3n) is 5.38. The molecule has 164 valence electrons. The van der Waals surface area contributed by atoms with Crippen molar-refractivity contribution in [2.24, 2.45) is 5.92 Å². The molecule has 1 heterocycles. The second-order valence-corrected chi connectivity index (χ2v) is 8.20. The Hall–Kier alpha value is -3.13. The van der Waals surface area contributed by atoms with Crippen LogP contribution in [0, 0.1) is 23.0 Å². The number of nitrogens with zero attached hydrogens (tertiary/aromatic N) is 3. The fourth-order valence-electron chi connectivity index (χ4n) is 3.64. The first-order valence-corrected chi connectivity index (χ1v) is 10.5. The summed E-state index contributed by atoms with van der Waals surface area (Å²) < 4.78 is 0. The molecule has 1 aliphatic rings. The van der Waals surface area contributed by atoms with Crippen LogP contribution in [0.25, 0.3) is 0 Å². The minimum atomic E-state index is -0.508. The molecule has 1 N–H and O–H groups in total. The van der Waals surface area contributed by atoms with Crippen molar-refractivity contribution in [3.8, 4) is 0 Å². The molecule has 0 atom stereocenters. The van der Waals surface area contributed by atoms with Crippen LogP contribution >= 0.6 is 11.6 Å². The molecule has 0 aliphatic carbocycles. The van der Waals surface area contributed by atoms with E-state index in [-0.39, 0.29) is 23.1 Å². The summed E-state index contributed by atoms with van der Waals surface area (Å²) in [5.74, 6) is -0.307. The van der Waals surface area contributed by atoms with Crippen LogP contribution in [-0.4, -0.2) is 47.8 Å². The van der Waals surface area contributed by atoms with Gasteiger partial charge in [-0.1, -0.05) is 31.5 Å². The van der Waals surface area contributed by atoms with Crippen LogP contribution < -0.4 is 10.2 Å². The van der Waals surface area contributed by atoms with Crippen LogP contribution in [0.4, 0.5) is 17.1 Å². The van der Waals surface area contributed by atoms with E-state index < -0.39 is 10.8 Å². The zero-order valence-corrected chi connectivity index (χ0v) is 18.5. The van der Waals surface area contributed by atoms with E-state index in [1.165, 1.54) is 12.1 Å². The minimum absolute atomic E-state index is 0.0206. The monoisotopic (exact) mass is 444 g/mol. The van der Waals surface area contributed by atoms with Crippen LogP contribution in [0.1, 0.15) is 29.8 Å². The van der Waals surface area contributed by atoms with Crippen molar-refractivity contribution in [3.05, 3.63) is 62.7 Å². The van der Waals surface area contributed by atoms with E-state index >= 15 is 0 Å². The highest BCUT2D eigenvalue weighted by molar-refractivity contribution is 6.33. The van der Waals surface area contributed by atoms with Gasteiger partial charge in [0.25, 0.3) is 11.6 Å². The Kier molecular flexibility index (Phi) is 6.80.